The zero-order chi connectivity index (χ0) is 17.4. The second-order valence-electron chi connectivity index (χ2n) is 5.34. The van der Waals surface area contributed by atoms with Crippen LogP contribution in [0.1, 0.15) is 15.4 Å². The first-order valence-electron chi connectivity index (χ1n) is 7.50. The molecule has 0 spiro atoms. The Kier molecular flexibility index (Phi) is 4.25. The van der Waals surface area contributed by atoms with Crippen molar-refractivity contribution in [3.05, 3.63) is 64.3 Å². The number of benzene rings is 1. The van der Waals surface area contributed by atoms with E-state index in [-0.39, 0.29) is 5.91 Å². The molecule has 3 aromatic heterocycles. The third-order valence-electron chi connectivity index (χ3n) is 3.66. The quantitative estimate of drug-likeness (QED) is 0.497. The van der Waals surface area contributed by atoms with Crippen molar-refractivity contribution >= 4 is 55.4 Å². The van der Waals surface area contributed by atoms with Gasteiger partial charge in [-0.25, -0.2) is 4.98 Å². The average molecular weight is 386 g/mol. The minimum absolute atomic E-state index is 0.243. The fraction of sp³-hybridized carbons (Fsp3) is 0.0556. The molecule has 0 aliphatic carbocycles. The third-order valence-corrected chi connectivity index (χ3v) is 6.43. The molecule has 4 rings (SSSR count). The van der Waals surface area contributed by atoms with Gasteiger partial charge in [0.05, 0.1) is 21.3 Å². The number of thiophene rings is 1. The van der Waals surface area contributed by atoms with Gasteiger partial charge in [0.2, 0.25) is 0 Å². The number of anilines is 1. The molecule has 25 heavy (non-hydrogen) atoms. The molecule has 1 amide bonds. The molecule has 1 aromatic carbocycles. The smallest absolute Gasteiger partial charge is 0.269 e. The summed E-state index contributed by atoms with van der Waals surface area (Å²) in [6.45, 7) is 1.91. The van der Waals surface area contributed by atoms with Crippen LogP contribution in [0.5, 0.6) is 0 Å². The Morgan fingerprint density at radius 1 is 1.12 bits per heavy atom. The van der Waals surface area contributed by atoms with Crippen molar-refractivity contribution in [3.8, 4) is 10.6 Å². The lowest BCUT2D eigenvalue weighted by Crippen LogP contribution is -2.10. The van der Waals surface area contributed by atoms with Gasteiger partial charge in [-0.3, -0.25) is 15.1 Å². The number of carbonyl (C=O) groups excluding carboxylic acids is 1. The van der Waals surface area contributed by atoms with E-state index in [1.807, 2.05) is 49.4 Å². The number of pyridine rings is 1. The van der Waals surface area contributed by atoms with E-state index in [1.165, 1.54) is 22.7 Å². The maximum Gasteiger partial charge on any atom is 0.269 e. The summed E-state index contributed by atoms with van der Waals surface area (Å²) >= 11 is 9.16. The van der Waals surface area contributed by atoms with Crippen molar-refractivity contribution in [2.24, 2.45) is 0 Å². The lowest BCUT2D eigenvalue weighted by atomic mass is 10.2. The van der Waals surface area contributed by atoms with Crippen molar-refractivity contribution in [3.63, 3.8) is 0 Å². The molecule has 0 aliphatic heterocycles. The predicted octanol–water partition coefficient (Wildman–Crippen LogP) is 5.63. The van der Waals surface area contributed by atoms with E-state index in [2.05, 4.69) is 15.3 Å². The highest BCUT2D eigenvalue weighted by molar-refractivity contribution is 7.22. The van der Waals surface area contributed by atoms with Crippen LogP contribution in [0.15, 0.2) is 48.7 Å². The Labute approximate surface area is 157 Å². The van der Waals surface area contributed by atoms with E-state index in [9.17, 15) is 4.79 Å². The number of amides is 1. The van der Waals surface area contributed by atoms with E-state index in [0.29, 0.717) is 15.0 Å². The molecular formula is C18H12ClN3OS2. The average Bonchev–Trinajstić information content (AvgIpc) is 3.16. The van der Waals surface area contributed by atoms with Gasteiger partial charge in [-0.1, -0.05) is 47.2 Å². The SMILES string of the molecule is Cc1nc(NC(=O)c2sc3ccccc3c2Cl)sc1-c1ccccn1. The first kappa shape index (κ1) is 16.2. The molecule has 0 saturated carbocycles. The lowest BCUT2D eigenvalue weighted by Gasteiger charge is -1.99. The largest absolute Gasteiger partial charge is 0.297 e. The van der Waals surface area contributed by atoms with Crippen molar-refractivity contribution in [1.29, 1.82) is 0 Å². The monoisotopic (exact) mass is 385 g/mol. The zero-order valence-corrected chi connectivity index (χ0v) is 15.5. The number of nitrogens with zero attached hydrogens (tertiary/aromatic N) is 2. The fourth-order valence-corrected chi connectivity index (χ4v) is 4.85. The Balaban J connectivity index is 1.64. The normalized spacial score (nSPS) is 11.0. The Morgan fingerprint density at radius 2 is 1.92 bits per heavy atom. The van der Waals surface area contributed by atoms with Gasteiger partial charge in [-0.2, -0.15) is 0 Å². The van der Waals surface area contributed by atoms with Gasteiger partial charge < -0.3 is 0 Å². The van der Waals surface area contributed by atoms with E-state index in [0.717, 1.165) is 26.4 Å². The Hall–Kier alpha value is -2.28. The van der Waals surface area contributed by atoms with Gasteiger partial charge in [0, 0.05) is 16.3 Å². The van der Waals surface area contributed by atoms with Crippen LogP contribution in [0.25, 0.3) is 20.7 Å². The van der Waals surface area contributed by atoms with Crippen LogP contribution in [0.2, 0.25) is 5.02 Å². The number of rotatable bonds is 3. The summed E-state index contributed by atoms with van der Waals surface area (Å²) in [5.41, 5.74) is 1.68. The highest BCUT2D eigenvalue weighted by Gasteiger charge is 2.19. The van der Waals surface area contributed by atoms with Crippen molar-refractivity contribution in [1.82, 2.24) is 9.97 Å². The molecule has 0 unspecified atom stereocenters. The summed E-state index contributed by atoms with van der Waals surface area (Å²) in [5, 5.41) is 4.77. The molecule has 4 nitrogen and oxygen atoms in total. The number of aryl methyl sites for hydroxylation is 1. The van der Waals surface area contributed by atoms with Crippen LogP contribution < -0.4 is 5.32 Å². The standard InChI is InChI=1S/C18H12ClN3OS2/c1-10-15(12-7-4-5-9-20-12)25-18(21-10)22-17(23)16-14(19)11-6-2-3-8-13(11)24-16/h2-9H,1H3,(H,21,22,23). The number of hydrogen-bond donors (Lipinski definition) is 1. The molecule has 0 fully saturated rings. The maximum atomic E-state index is 12.6. The number of halogens is 1. The van der Waals surface area contributed by atoms with Crippen molar-refractivity contribution < 1.29 is 4.79 Å². The van der Waals surface area contributed by atoms with E-state index in [1.54, 1.807) is 6.20 Å². The zero-order valence-electron chi connectivity index (χ0n) is 13.1. The van der Waals surface area contributed by atoms with Crippen LogP contribution >= 0.6 is 34.3 Å². The minimum atomic E-state index is -0.243. The molecule has 7 heteroatoms. The van der Waals surface area contributed by atoms with Gasteiger partial charge in [0.15, 0.2) is 5.13 Å². The second kappa shape index (κ2) is 6.55. The molecule has 0 bridgehead atoms. The number of nitrogens with one attached hydrogen (secondary N) is 1. The summed E-state index contributed by atoms with van der Waals surface area (Å²) < 4.78 is 0.988. The highest BCUT2D eigenvalue weighted by atomic mass is 35.5. The number of thiazole rings is 1. The molecule has 4 aromatic rings. The van der Waals surface area contributed by atoms with Gasteiger partial charge in [-0.15, -0.1) is 11.3 Å². The van der Waals surface area contributed by atoms with Gasteiger partial charge in [0.1, 0.15) is 4.88 Å². The maximum absolute atomic E-state index is 12.6. The van der Waals surface area contributed by atoms with E-state index < -0.39 is 0 Å². The minimum Gasteiger partial charge on any atom is -0.297 e. The molecule has 0 radical (unpaired) electrons. The molecule has 124 valence electrons. The highest BCUT2D eigenvalue weighted by Crippen LogP contribution is 2.36. The fourth-order valence-electron chi connectivity index (χ4n) is 2.50. The predicted molar refractivity (Wildman–Crippen MR) is 105 cm³/mol. The number of aromatic nitrogens is 2. The van der Waals surface area contributed by atoms with Gasteiger partial charge >= 0.3 is 0 Å². The summed E-state index contributed by atoms with van der Waals surface area (Å²) in [5.74, 6) is -0.243. The number of fused-ring (bicyclic) bond motifs is 1. The Bertz CT molecular complexity index is 1070. The van der Waals surface area contributed by atoms with Crippen LogP contribution in [-0.2, 0) is 0 Å². The second-order valence-corrected chi connectivity index (χ2v) is 7.77. The van der Waals surface area contributed by atoms with Gasteiger partial charge in [0.25, 0.3) is 5.91 Å². The number of hydrogen-bond acceptors (Lipinski definition) is 5. The Morgan fingerprint density at radius 3 is 2.68 bits per heavy atom. The molecule has 0 aliphatic rings. The van der Waals surface area contributed by atoms with Crippen molar-refractivity contribution in [2.75, 3.05) is 5.32 Å². The summed E-state index contributed by atoms with van der Waals surface area (Å²) in [4.78, 5) is 22.9. The van der Waals surface area contributed by atoms with Crippen LogP contribution in [-0.4, -0.2) is 15.9 Å². The number of carbonyl (C=O) groups is 1. The third kappa shape index (κ3) is 3.04. The summed E-state index contributed by atoms with van der Waals surface area (Å²) in [6, 6.07) is 13.4. The summed E-state index contributed by atoms with van der Waals surface area (Å²) in [6.07, 6.45) is 1.74. The molecule has 0 atom stereocenters. The van der Waals surface area contributed by atoms with Crippen LogP contribution in [0, 0.1) is 6.92 Å². The van der Waals surface area contributed by atoms with Crippen LogP contribution in [0.3, 0.4) is 0 Å². The first-order valence-corrected chi connectivity index (χ1v) is 9.52. The van der Waals surface area contributed by atoms with Gasteiger partial charge in [-0.05, 0) is 25.1 Å². The summed E-state index contributed by atoms with van der Waals surface area (Å²) in [7, 11) is 0. The molecular weight excluding hydrogens is 374 g/mol. The first-order chi connectivity index (χ1) is 12.1. The molecule has 0 saturated heterocycles. The topological polar surface area (TPSA) is 54.9 Å². The van der Waals surface area contributed by atoms with E-state index in [4.69, 9.17) is 11.6 Å². The van der Waals surface area contributed by atoms with Crippen LogP contribution in [0.4, 0.5) is 5.13 Å². The molecule has 1 N–H and O–H groups in total. The van der Waals surface area contributed by atoms with Crippen molar-refractivity contribution in [2.45, 2.75) is 6.92 Å². The molecule has 3 heterocycles. The van der Waals surface area contributed by atoms with E-state index >= 15 is 0 Å². The lowest BCUT2D eigenvalue weighted by molar-refractivity contribution is 0.103.